The van der Waals surface area contributed by atoms with E-state index in [1.54, 1.807) is 11.4 Å². The molecule has 0 saturated carbocycles. The molecule has 0 radical (unpaired) electrons. The van der Waals surface area contributed by atoms with Gasteiger partial charge in [-0.3, -0.25) is 4.79 Å². The smallest absolute Gasteiger partial charge is 0.328 e. The fourth-order valence-electron chi connectivity index (χ4n) is 2.01. The first-order valence-electron chi connectivity index (χ1n) is 6.62. The van der Waals surface area contributed by atoms with Gasteiger partial charge in [-0.05, 0) is 19.2 Å². The predicted octanol–water partition coefficient (Wildman–Crippen LogP) is 0.906. The summed E-state index contributed by atoms with van der Waals surface area (Å²) < 4.78 is 5.57. The molecule has 7 heteroatoms. The molecule has 0 aliphatic carbocycles. The second-order valence-corrected chi connectivity index (χ2v) is 5.82. The SMILES string of the molecule is CN1CCOC(CNC(=O)c2csc(C=CC(=O)O)c2)C1. The van der Waals surface area contributed by atoms with Gasteiger partial charge >= 0.3 is 5.97 Å². The Hall–Kier alpha value is -1.70. The number of morpholine rings is 1. The number of nitrogens with zero attached hydrogens (tertiary/aromatic N) is 1. The Morgan fingerprint density at radius 3 is 3.14 bits per heavy atom. The van der Waals surface area contributed by atoms with Crippen molar-refractivity contribution in [1.82, 2.24) is 10.2 Å². The highest BCUT2D eigenvalue weighted by Gasteiger charge is 2.18. The van der Waals surface area contributed by atoms with Crippen LogP contribution in [-0.4, -0.2) is 61.3 Å². The van der Waals surface area contributed by atoms with E-state index in [-0.39, 0.29) is 12.0 Å². The third-order valence-corrected chi connectivity index (χ3v) is 4.00. The molecule has 1 atom stereocenters. The van der Waals surface area contributed by atoms with E-state index in [4.69, 9.17) is 9.84 Å². The van der Waals surface area contributed by atoms with Gasteiger partial charge in [0.05, 0.1) is 18.3 Å². The number of aliphatic carboxylic acids is 1. The number of thiophene rings is 1. The zero-order valence-corrected chi connectivity index (χ0v) is 12.6. The summed E-state index contributed by atoms with van der Waals surface area (Å²) in [7, 11) is 2.03. The summed E-state index contributed by atoms with van der Waals surface area (Å²) in [5.41, 5.74) is 0.536. The lowest BCUT2D eigenvalue weighted by atomic mass is 10.2. The maximum absolute atomic E-state index is 12.0. The van der Waals surface area contributed by atoms with E-state index in [0.29, 0.717) is 18.7 Å². The standard InChI is InChI=1S/C14H18N2O4S/c1-16-4-5-20-11(8-16)7-15-14(19)10-6-12(21-9-10)2-3-13(17)18/h2-3,6,9,11H,4-5,7-8H2,1H3,(H,15,19)(H,17,18). The number of hydrogen-bond donors (Lipinski definition) is 2. The molecule has 0 spiro atoms. The molecule has 1 amide bonds. The second kappa shape index (κ2) is 7.35. The number of likely N-dealkylation sites (N-methyl/N-ethyl adjacent to an activating group) is 1. The average molecular weight is 310 g/mol. The van der Waals surface area contributed by atoms with E-state index in [2.05, 4.69) is 10.2 Å². The average Bonchev–Trinajstić information content (AvgIpc) is 2.91. The largest absolute Gasteiger partial charge is 0.478 e. The summed E-state index contributed by atoms with van der Waals surface area (Å²) in [5, 5.41) is 13.1. The zero-order chi connectivity index (χ0) is 15.2. The first-order chi connectivity index (χ1) is 10.0. The van der Waals surface area contributed by atoms with Crippen LogP contribution < -0.4 is 5.32 Å². The first-order valence-corrected chi connectivity index (χ1v) is 7.50. The molecular weight excluding hydrogens is 292 g/mol. The Kier molecular flexibility index (Phi) is 5.49. The number of carbonyl (C=O) groups is 2. The summed E-state index contributed by atoms with van der Waals surface area (Å²) >= 11 is 1.33. The van der Waals surface area contributed by atoms with Gasteiger partial charge in [0.15, 0.2) is 0 Å². The van der Waals surface area contributed by atoms with Crippen LogP contribution in [0.25, 0.3) is 6.08 Å². The summed E-state index contributed by atoms with van der Waals surface area (Å²) in [5.74, 6) is -1.17. The molecule has 6 nitrogen and oxygen atoms in total. The number of carboxylic acid groups (broad SMARTS) is 1. The van der Waals surface area contributed by atoms with Crippen LogP contribution in [0.2, 0.25) is 0 Å². The normalized spacial score (nSPS) is 19.8. The van der Waals surface area contributed by atoms with Crippen molar-refractivity contribution in [2.75, 3.05) is 33.3 Å². The topological polar surface area (TPSA) is 78.9 Å². The molecule has 1 fully saturated rings. The lowest BCUT2D eigenvalue weighted by molar-refractivity contribution is -0.131. The number of nitrogens with one attached hydrogen (secondary N) is 1. The Balaban J connectivity index is 1.84. The molecule has 0 bridgehead atoms. The fraction of sp³-hybridized carbons (Fsp3) is 0.429. The summed E-state index contributed by atoms with van der Waals surface area (Å²) in [6, 6.07) is 1.67. The Morgan fingerprint density at radius 1 is 1.62 bits per heavy atom. The van der Waals surface area contributed by atoms with Gasteiger partial charge in [0.2, 0.25) is 0 Å². The predicted molar refractivity (Wildman–Crippen MR) is 80.6 cm³/mol. The van der Waals surface area contributed by atoms with Gasteiger partial charge < -0.3 is 20.1 Å². The number of carbonyl (C=O) groups excluding carboxylic acids is 1. The zero-order valence-electron chi connectivity index (χ0n) is 11.7. The van der Waals surface area contributed by atoms with Gasteiger partial charge in [-0.15, -0.1) is 11.3 Å². The Morgan fingerprint density at radius 2 is 2.43 bits per heavy atom. The maximum Gasteiger partial charge on any atom is 0.328 e. The minimum atomic E-state index is -1.01. The van der Waals surface area contributed by atoms with Crippen molar-refractivity contribution in [2.24, 2.45) is 0 Å². The lowest BCUT2D eigenvalue weighted by Gasteiger charge is -2.30. The molecule has 1 aliphatic heterocycles. The molecule has 21 heavy (non-hydrogen) atoms. The van der Waals surface area contributed by atoms with E-state index in [9.17, 15) is 9.59 Å². The number of hydrogen-bond acceptors (Lipinski definition) is 5. The van der Waals surface area contributed by atoms with Crippen molar-refractivity contribution in [2.45, 2.75) is 6.10 Å². The number of carboxylic acids is 1. The molecule has 1 aromatic heterocycles. The summed E-state index contributed by atoms with van der Waals surface area (Å²) in [4.78, 5) is 25.3. The maximum atomic E-state index is 12.0. The van der Waals surface area contributed by atoms with Crippen molar-refractivity contribution in [3.8, 4) is 0 Å². The van der Waals surface area contributed by atoms with E-state index in [1.807, 2.05) is 7.05 Å². The van der Waals surface area contributed by atoms with E-state index in [1.165, 1.54) is 17.4 Å². The quantitative estimate of drug-likeness (QED) is 0.790. The minimum Gasteiger partial charge on any atom is -0.478 e. The van der Waals surface area contributed by atoms with Crippen molar-refractivity contribution in [3.05, 3.63) is 28.0 Å². The van der Waals surface area contributed by atoms with E-state index in [0.717, 1.165) is 24.0 Å². The van der Waals surface area contributed by atoms with Crippen molar-refractivity contribution >= 4 is 29.3 Å². The molecule has 1 aromatic rings. The fourth-order valence-corrected chi connectivity index (χ4v) is 2.79. The molecule has 2 rings (SSSR count). The molecule has 0 aromatic carbocycles. The monoisotopic (exact) mass is 310 g/mol. The highest BCUT2D eigenvalue weighted by molar-refractivity contribution is 7.11. The van der Waals surface area contributed by atoms with Crippen LogP contribution in [0.3, 0.4) is 0 Å². The lowest BCUT2D eigenvalue weighted by Crippen LogP contribution is -2.45. The molecule has 2 heterocycles. The van der Waals surface area contributed by atoms with Crippen LogP contribution in [0.15, 0.2) is 17.5 Å². The van der Waals surface area contributed by atoms with Crippen LogP contribution in [-0.2, 0) is 9.53 Å². The van der Waals surface area contributed by atoms with Crippen LogP contribution in [0.4, 0.5) is 0 Å². The van der Waals surface area contributed by atoms with Gasteiger partial charge in [0, 0.05) is 36.0 Å². The molecule has 114 valence electrons. The summed E-state index contributed by atoms with van der Waals surface area (Å²) in [6.45, 7) is 2.86. The van der Waals surface area contributed by atoms with Gasteiger partial charge in [-0.1, -0.05) is 0 Å². The van der Waals surface area contributed by atoms with Gasteiger partial charge in [0.25, 0.3) is 5.91 Å². The van der Waals surface area contributed by atoms with Crippen LogP contribution in [0, 0.1) is 0 Å². The van der Waals surface area contributed by atoms with Crippen molar-refractivity contribution in [1.29, 1.82) is 0 Å². The van der Waals surface area contributed by atoms with Gasteiger partial charge in [-0.2, -0.15) is 0 Å². The van der Waals surface area contributed by atoms with Crippen molar-refractivity contribution < 1.29 is 19.4 Å². The van der Waals surface area contributed by atoms with Crippen LogP contribution in [0.5, 0.6) is 0 Å². The highest BCUT2D eigenvalue weighted by Crippen LogP contribution is 2.16. The number of rotatable bonds is 5. The molecular formula is C14H18N2O4S. The Labute approximate surface area is 127 Å². The Bertz CT molecular complexity index is 541. The van der Waals surface area contributed by atoms with Crippen LogP contribution in [0.1, 0.15) is 15.2 Å². The third-order valence-electron chi connectivity index (χ3n) is 3.10. The number of amides is 1. The van der Waals surface area contributed by atoms with E-state index >= 15 is 0 Å². The third kappa shape index (κ3) is 4.96. The van der Waals surface area contributed by atoms with Crippen molar-refractivity contribution in [3.63, 3.8) is 0 Å². The molecule has 2 N–H and O–H groups in total. The first kappa shape index (κ1) is 15.7. The van der Waals surface area contributed by atoms with Gasteiger partial charge in [-0.25, -0.2) is 4.79 Å². The van der Waals surface area contributed by atoms with Gasteiger partial charge in [0.1, 0.15) is 0 Å². The molecule has 1 unspecified atom stereocenters. The second-order valence-electron chi connectivity index (χ2n) is 4.87. The van der Waals surface area contributed by atoms with E-state index < -0.39 is 5.97 Å². The minimum absolute atomic E-state index is 0.0118. The molecule has 1 aliphatic rings. The number of ether oxygens (including phenoxy) is 1. The summed E-state index contributed by atoms with van der Waals surface area (Å²) in [6.07, 6.45) is 2.54. The van der Waals surface area contributed by atoms with Crippen LogP contribution >= 0.6 is 11.3 Å². The molecule has 1 saturated heterocycles. The highest BCUT2D eigenvalue weighted by atomic mass is 32.1.